The summed E-state index contributed by atoms with van der Waals surface area (Å²) in [7, 11) is 0. The zero-order chi connectivity index (χ0) is 17.1. The normalized spacial score (nSPS) is 14.2. The Morgan fingerprint density at radius 3 is 2.42 bits per heavy atom. The van der Waals surface area contributed by atoms with E-state index in [0.717, 1.165) is 17.7 Å². The largest absolute Gasteiger partial charge is 0.352 e. The molecule has 0 saturated carbocycles. The van der Waals surface area contributed by atoms with Crippen LogP contribution in [0.15, 0.2) is 48.5 Å². The van der Waals surface area contributed by atoms with E-state index < -0.39 is 17.5 Å². The maximum Gasteiger partial charge on any atom is 0.254 e. The van der Waals surface area contributed by atoms with E-state index in [1.165, 1.54) is 11.0 Å². The first-order valence-corrected chi connectivity index (χ1v) is 7.60. The number of nitrogens with zero attached hydrogens (tertiary/aromatic N) is 1. The predicted molar refractivity (Wildman–Crippen MR) is 84.0 cm³/mol. The Hall–Kier alpha value is -2.76. The molecule has 1 aliphatic heterocycles. The van der Waals surface area contributed by atoms with Crippen molar-refractivity contribution in [2.75, 3.05) is 13.1 Å². The summed E-state index contributed by atoms with van der Waals surface area (Å²) in [5.41, 5.74) is 1.08. The van der Waals surface area contributed by atoms with Gasteiger partial charge in [0.15, 0.2) is 11.6 Å². The quantitative estimate of drug-likeness (QED) is 0.935. The number of halogens is 2. The molecule has 3 rings (SSSR count). The molecule has 0 spiro atoms. The van der Waals surface area contributed by atoms with Crippen molar-refractivity contribution in [3.63, 3.8) is 0 Å². The van der Waals surface area contributed by atoms with Gasteiger partial charge in [0.1, 0.15) is 0 Å². The summed E-state index contributed by atoms with van der Waals surface area (Å²) in [6.45, 7) is 0.990. The van der Waals surface area contributed by atoms with Gasteiger partial charge in [-0.15, -0.1) is 0 Å². The zero-order valence-electron chi connectivity index (χ0n) is 12.8. The molecular weight excluding hydrogens is 314 g/mol. The smallest absolute Gasteiger partial charge is 0.254 e. The number of hydrogen-bond donors (Lipinski definition) is 1. The van der Waals surface area contributed by atoms with E-state index in [4.69, 9.17) is 0 Å². The minimum Gasteiger partial charge on any atom is -0.352 e. The van der Waals surface area contributed by atoms with Gasteiger partial charge in [-0.05, 0) is 23.8 Å². The highest BCUT2D eigenvalue weighted by atomic mass is 19.2. The minimum atomic E-state index is -1.06. The lowest BCUT2D eigenvalue weighted by Gasteiger charge is -2.38. The van der Waals surface area contributed by atoms with Gasteiger partial charge in [0.05, 0.1) is 5.92 Å². The number of amides is 2. The van der Waals surface area contributed by atoms with Crippen LogP contribution < -0.4 is 5.32 Å². The molecule has 6 heteroatoms. The van der Waals surface area contributed by atoms with E-state index in [1.807, 2.05) is 30.3 Å². The fourth-order valence-electron chi connectivity index (χ4n) is 2.55. The third-order valence-electron chi connectivity index (χ3n) is 4.02. The van der Waals surface area contributed by atoms with Gasteiger partial charge in [-0.25, -0.2) is 8.78 Å². The van der Waals surface area contributed by atoms with Crippen molar-refractivity contribution >= 4 is 11.8 Å². The third kappa shape index (κ3) is 3.42. The molecule has 0 atom stereocenters. The molecule has 1 saturated heterocycles. The lowest BCUT2D eigenvalue weighted by molar-refractivity contribution is -0.129. The number of rotatable bonds is 4. The average Bonchev–Trinajstić information content (AvgIpc) is 2.55. The summed E-state index contributed by atoms with van der Waals surface area (Å²) in [5, 5.41) is 2.83. The highest BCUT2D eigenvalue weighted by Crippen LogP contribution is 2.20. The number of carbonyl (C=O) groups is 2. The van der Waals surface area contributed by atoms with E-state index in [1.54, 1.807) is 0 Å². The fraction of sp³-hybridized carbons (Fsp3) is 0.222. The Kier molecular flexibility index (Phi) is 4.55. The summed E-state index contributed by atoms with van der Waals surface area (Å²) in [6.07, 6.45) is 0. The Labute approximate surface area is 138 Å². The first-order chi connectivity index (χ1) is 11.5. The highest BCUT2D eigenvalue weighted by molar-refractivity contribution is 5.96. The van der Waals surface area contributed by atoms with Crippen molar-refractivity contribution in [1.29, 1.82) is 0 Å². The molecule has 0 unspecified atom stereocenters. The lowest BCUT2D eigenvalue weighted by atomic mass is 9.97. The number of hydrogen-bond acceptors (Lipinski definition) is 2. The molecule has 2 aromatic rings. The Balaban J connectivity index is 1.50. The van der Waals surface area contributed by atoms with E-state index in [2.05, 4.69) is 5.32 Å². The number of likely N-dealkylation sites (tertiary alicyclic amines) is 1. The molecule has 1 heterocycles. The molecule has 0 aromatic heterocycles. The maximum absolute atomic E-state index is 13.2. The van der Waals surface area contributed by atoms with Crippen molar-refractivity contribution in [1.82, 2.24) is 10.2 Å². The van der Waals surface area contributed by atoms with Gasteiger partial charge in [-0.2, -0.15) is 0 Å². The van der Waals surface area contributed by atoms with Gasteiger partial charge >= 0.3 is 0 Å². The van der Waals surface area contributed by atoms with Crippen LogP contribution >= 0.6 is 0 Å². The number of benzene rings is 2. The van der Waals surface area contributed by atoms with Crippen molar-refractivity contribution in [2.45, 2.75) is 6.54 Å². The van der Waals surface area contributed by atoms with Crippen LogP contribution in [0.5, 0.6) is 0 Å². The summed E-state index contributed by atoms with van der Waals surface area (Å²) in [5.74, 6) is -2.84. The number of nitrogens with one attached hydrogen (secondary N) is 1. The molecule has 2 amide bonds. The Morgan fingerprint density at radius 1 is 1.04 bits per heavy atom. The predicted octanol–water partition coefficient (Wildman–Crippen LogP) is 2.35. The molecule has 1 aliphatic rings. The molecule has 2 aromatic carbocycles. The van der Waals surface area contributed by atoms with Crippen LogP contribution in [0.1, 0.15) is 15.9 Å². The lowest BCUT2D eigenvalue weighted by Crippen LogP contribution is -2.55. The number of carbonyl (C=O) groups excluding carboxylic acids is 2. The molecule has 124 valence electrons. The second-order valence-corrected chi connectivity index (χ2v) is 5.74. The van der Waals surface area contributed by atoms with Gasteiger partial charge in [-0.1, -0.05) is 30.3 Å². The van der Waals surface area contributed by atoms with Crippen LogP contribution in [0.2, 0.25) is 0 Å². The molecule has 4 nitrogen and oxygen atoms in total. The van der Waals surface area contributed by atoms with Gasteiger partial charge < -0.3 is 10.2 Å². The molecule has 1 N–H and O–H groups in total. The Morgan fingerprint density at radius 2 is 1.75 bits per heavy atom. The van der Waals surface area contributed by atoms with Gasteiger partial charge in [-0.3, -0.25) is 9.59 Å². The molecular formula is C18H16F2N2O2. The second kappa shape index (κ2) is 6.78. The molecule has 1 fully saturated rings. The first kappa shape index (κ1) is 16.1. The minimum absolute atomic E-state index is 0.0806. The summed E-state index contributed by atoms with van der Waals surface area (Å²) in [4.78, 5) is 25.6. The molecule has 0 bridgehead atoms. The molecule has 0 radical (unpaired) electrons. The van der Waals surface area contributed by atoms with Crippen LogP contribution in [-0.4, -0.2) is 29.8 Å². The van der Waals surface area contributed by atoms with Crippen molar-refractivity contribution in [3.05, 3.63) is 71.3 Å². The summed E-state index contributed by atoms with van der Waals surface area (Å²) in [6, 6.07) is 12.6. The van der Waals surface area contributed by atoms with E-state index >= 15 is 0 Å². The SMILES string of the molecule is O=C(NCc1ccccc1)C1CN(C(=O)c2ccc(F)c(F)c2)C1. The van der Waals surface area contributed by atoms with E-state index in [-0.39, 0.29) is 30.5 Å². The third-order valence-corrected chi connectivity index (χ3v) is 4.02. The van der Waals surface area contributed by atoms with E-state index in [9.17, 15) is 18.4 Å². The van der Waals surface area contributed by atoms with E-state index in [0.29, 0.717) is 6.54 Å². The van der Waals surface area contributed by atoms with Crippen LogP contribution in [0.4, 0.5) is 8.78 Å². The maximum atomic E-state index is 13.2. The first-order valence-electron chi connectivity index (χ1n) is 7.60. The molecule has 24 heavy (non-hydrogen) atoms. The van der Waals surface area contributed by atoms with Crippen LogP contribution in [0.25, 0.3) is 0 Å². The standard InChI is InChI=1S/C18H16F2N2O2/c19-15-7-6-13(8-16(15)20)18(24)22-10-14(11-22)17(23)21-9-12-4-2-1-3-5-12/h1-8,14H,9-11H2,(H,21,23). The van der Waals surface area contributed by atoms with Crippen molar-refractivity contribution < 1.29 is 18.4 Å². The van der Waals surface area contributed by atoms with Crippen LogP contribution in [-0.2, 0) is 11.3 Å². The summed E-state index contributed by atoms with van der Waals surface area (Å²) >= 11 is 0. The summed E-state index contributed by atoms with van der Waals surface area (Å²) < 4.78 is 26.1. The monoisotopic (exact) mass is 330 g/mol. The van der Waals surface area contributed by atoms with Gasteiger partial charge in [0.2, 0.25) is 5.91 Å². The Bertz CT molecular complexity index is 759. The second-order valence-electron chi connectivity index (χ2n) is 5.74. The van der Waals surface area contributed by atoms with Crippen molar-refractivity contribution in [3.8, 4) is 0 Å². The highest BCUT2D eigenvalue weighted by Gasteiger charge is 2.36. The molecule has 0 aliphatic carbocycles. The average molecular weight is 330 g/mol. The fourth-order valence-corrected chi connectivity index (χ4v) is 2.55. The topological polar surface area (TPSA) is 49.4 Å². The van der Waals surface area contributed by atoms with Gasteiger partial charge in [0, 0.05) is 25.2 Å². The van der Waals surface area contributed by atoms with Crippen molar-refractivity contribution in [2.24, 2.45) is 5.92 Å². The van der Waals surface area contributed by atoms with Crippen LogP contribution in [0.3, 0.4) is 0 Å². The van der Waals surface area contributed by atoms with Gasteiger partial charge in [0.25, 0.3) is 5.91 Å². The zero-order valence-corrected chi connectivity index (χ0v) is 12.8. The van der Waals surface area contributed by atoms with Crippen LogP contribution in [0, 0.1) is 17.6 Å².